The molecule has 108 valence electrons. The van der Waals surface area contributed by atoms with Gasteiger partial charge < -0.3 is 10.4 Å². The maximum Gasteiger partial charge on any atom is 0.224 e. The predicted octanol–water partition coefficient (Wildman–Crippen LogP) is 3.61. The normalized spacial score (nSPS) is 15.3. The Labute approximate surface area is 128 Å². The van der Waals surface area contributed by atoms with Gasteiger partial charge in [-0.1, -0.05) is 41.4 Å². The molecule has 0 aromatic heterocycles. The molecule has 1 heterocycles. The summed E-state index contributed by atoms with van der Waals surface area (Å²) in [4.78, 5) is 11.7. The van der Waals surface area contributed by atoms with Crippen molar-refractivity contribution in [3.8, 4) is 0 Å². The van der Waals surface area contributed by atoms with Gasteiger partial charge >= 0.3 is 0 Å². The number of carbonyl (C=O) groups is 1. The minimum atomic E-state index is -0.809. The Morgan fingerprint density at radius 2 is 2.05 bits per heavy atom. The van der Waals surface area contributed by atoms with Crippen molar-refractivity contribution in [2.24, 2.45) is 0 Å². The molecule has 0 spiro atoms. The molecule has 0 radical (unpaired) electrons. The highest BCUT2D eigenvalue weighted by Gasteiger charge is 2.23. The first-order chi connectivity index (χ1) is 10.0. The molecule has 0 aliphatic carbocycles. The van der Waals surface area contributed by atoms with Crippen LogP contribution in [0.5, 0.6) is 0 Å². The lowest BCUT2D eigenvalue weighted by Crippen LogP contribution is -2.21. The van der Waals surface area contributed by atoms with Crippen molar-refractivity contribution in [1.82, 2.24) is 0 Å². The highest BCUT2D eigenvalue weighted by molar-refractivity contribution is 6.30. The molecular weight excluding hydrogens is 286 g/mol. The Hall–Kier alpha value is -1.84. The van der Waals surface area contributed by atoms with E-state index in [1.165, 1.54) is 0 Å². The van der Waals surface area contributed by atoms with Gasteiger partial charge in [-0.05, 0) is 36.6 Å². The molecule has 1 unspecified atom stereocenters. The first kappa shape index (κ1) is 14.1. The summed E-state index contributed by atoms with van der Waals surface area (Å²) in [5.74, 6) is -0.00843. The lowest BCUT2D eigenvalue weighted by Gasteiger charge is -2.24. The van der Waals surface area contributed by atoms with Gasteiger partial charge in [0.2, 0.25) is 5.91 Å². The van der Waals surface area contributed by atoms with Crippen molar-refractivity contribution in [3.05, 3.63) is 63.7 Å². The van der Waals surface area contributed by atoms with Crippen LogP contribution in [-0.4, -0.2) is 11.0 Å². The summed E-state index contributed by atoms with van der Waals surface area (Å²) in [6.45, 7) is 1.99. The van der Waals surface area contributed by atoms with Crippen LogP contribution < -0.4 is 5.32 Å². The Bertz CT molecular complexity index is 712. The second kappa shape index (κ2) is 5.51. The molecule has 2 aromatic rings. The van der Waals surface area contributed by atoms with Crippen LogP contribution in [-0.2, 0) is 11.2 Å². The smallest absolute Gasteiger partial charge is 0.224 e. The van der Waals surface area contributed by atoms with Crippen molar-refractivity contribution in [3.63, 3.8) is 0 Å². The van der Waals surface area contributed by atoms with Crippen molar-refractivity contribution in [2.75, 3.05) is 5.32 Å². The molecule has 2 N–H and O–H groups in total. The third kappa shape index (κ3) is 2.80. The summed E-state index contributed by atoms with van der Waals surface area (Å²) in [7, 11) is 0. The number of aryl methyl sites for hydroxylation is 2. The molecule has 0 saturated carbocycles. The van der Waals surface area contributed by atoms with Crippen molar-refractivity contribution in [1.29, 1.82) is 0 Å². The van der Waals surface area contributed by atoms with Gasteiger partial charge in [-0.3, -0.25) is 4.79 Å². The molecule has 0 fully saturated rings. The molecule has 1 aliphatic heterocycles. The Kier molecular flexibility index (Phi) is 3.70. The number of rotatable bonds is 2. The van der Waals surface area contributed by atoms with E-state index in [1.807, 2.05) is 25.1 Å². The van der Waals surface area contributed by atoms with Crippen LogP contribution in [0, 0.1) is 6.92 Å². The maximum atomic E-state index is 11.7. The van der Waals surface area contributed by atoms with Crippen molar-refractivity contribution in [2.45, 2.75) is 25.9 Å². The number of hydrogen-bond acceptors (Lipinski definition) is 2. The fraction of sp³-hybridized carbons (Fsp3) is 0.235. The lowest BCUT2D eigenvalue weighted by molar-refractivity contribution is -0.116. The molecule has 2 aromatic carbocycles. The maximum absolute atomic E-state index is 11.7. The third-order valence-corrected chi connectivity index (χ3v) is 3.97. The summed E-state index contributed by atoms with van der Waals surface area (Å²) in [6, 6.07) is 11.1. The van der Waals surface area contributed by atoms with Gasteiger partial charge in [-0.15, -0.1) is 0 Å². The van der Waals surface area contributed by atoms with Crippen LogP contribution in [0.4, 0.5) is 5.69 Å². The number of halogens is 1. The monoisotopic (exact) mass is 301 g/mol. The van der Waals surface area contributed by atoms with E-state index >= 15 is 0 Å². The van der Waals surface area contributed by atoms with E-state index in [2.05, 4.69) is 11.4 Å². The van der Waals surface area contributed by atoms with Gasteiger partial charge in [0.25, 0.3) is 0 Å². The Balaban J connectivity index is 2.09. The predicted molar refractivity (Wildman–Crippen MR) is 83.6 cm³/mol. The largest absolute Gasteiger partial charge is 0.384 e. The fourth-order valence-electron chi connectivity index (χ4n) is 2.76. The molecule has 4 heteroatoms. The zero-order valence-corrected chi connectivity index (χ0v) is 12.4. The summed E-state index contributed by atoms with van der Waals surface area (Å²) >= 11 is 5.99. The van der Waals surface area contributed by atoms with Crippen LogP contribution in [0.25, 0.3) is 0 Å². The quantitative estimate of drug-likeness (QED) is 0.890. The first-order valence-corrected chi connectivity index (χ1v) is 7.29. The number of nitrogens with one attached hydrogen (secondary N) is 1. The molecule has 0 bridgehead atoms. The number of amides is 1. The first-order valence-electron chi connectivity index (χ1n) is 6.91. The molecule has 21 heavy (non-hydrogen) atoms. The van der Waals surface area contributed by atoms with Gasteiger partial charge in [-0.2, -0.15) is 0 Å². The number of benzene rings is 2. The molecular formula is C17H16ClNO2. The van der Waals surface area contributed by atoms with Crippen LogP contribution >= 0.6 is 11.6 Å². The van der Waals surface area contributed by atoms with Gasteiger partial charge in [-0.25, -0.2) is 0 Å². The Morgan fingerprint density at radius 1 is 1.24 bits per heavy atom. The third-order valence-electron chi connectivity index (χ3n) is 3.74. The van der Waals surface area contributed by atoms with E-state index in [0.29, 0.717) is 17.9 Å². The fourth-order valence-corrected chi connectivity index (χ4v) is 2.96. The summed E-state index contributed by atoms with van der Waals surface area (Å²) < 4.78 is 0. The minimum Gasteiger partial charge on any atom is -0.384 e. The van der Waals surface area contributed by atoms with Gasteiger partial charge in [0.05, 0.1) is 5.69 Å². The topological polar surface area (TPSA) is 49.3 Å². The van der Waals surface area contributed by atoms with E-state index in [0.717, 1.165) is 27.9 Å². The molecule has 3 nitrogen and oxygen atoms in total. The minimum absolute atomic E-state index is 0.00843. The number of anilines is 1. The number of aliphatic hydroxyl groups is 1. The van der Waals surface area contributed by atoms with Crippen LogP contribution in [0.3, 0.4) is 0 Å². The molecule has 1 aliphatic rings. The summed E-state index contributed by atoms with van der Waals surface area (Å²) in [5, 5.41) is 14.1. The highest BCUT2D eigenvalue weighted by atomic mass is 35.5. The second-order valence-electron chi connectivity index (χ2n) is 5.39. The van der Waals surface area contributed by atoms with E-state index < -0.39 is 6.10 Å². The average molecular weight is 302 g/mol. The highest BCUT2D eigenvalue weighted by Crippen LogP contribution is 2.35. The molecule has 1 atom stereocenters. The van der Waals surface area contributed by atoms with Gasteiger partial charge in [0.15, 0.2) is 0 Å². The van der Waals surface area contributed by atoms with E-state index in [9.17, 15) is 9.90 Å². The van der Waals surface area contributed by atoms with Crippen molar-refractivity contribution >= 4 is 23.2 Å². The lowest BCUT2D eigenvalue weighted by atomic mass is 9.91. The van der Waals surface area contributed by atoms with Crippen LogP contribution in [0.15, 0.2) is 36.4 Å². The van der Waals surface area contributed by atoms with E-state index in [4.69, 9.17) is 11.6 Å². The zero-order chi connectivity index (χ0) is 15.0. The summed E-state index contributed by atoms with van der Waals surface area (Å²) in [6.07, 6.45) is 0.386. The summed E-state index contributed by atoms with van der Waals surface area (Å²) in [5.41, 5.74) is 4.33. The average Bonchev–Trinajstić information content (AvgIpc) is 2.46. The van der Waals surface area contributed by atoms with E-state index in [-0.39, 0.29) is 5.91 Å². The number of carbonyl (C=O) groups excluding carboxylic acids is 1. The number of hydrogen-bond donors (Lipinski definition) is 2. The Morgan fingerprint density at radius 3 is 2.81 bits per heavy atom. The van der Waals surface area contributed by atoms with Gasteiger partial charge in [0.1, 0.15) is 6.10 Å². The molecule has 1 amide bonds. The zero-order valence-electron chi connectivity index (χ0n) is 11.7. The van der Waals surface area contributed by atoms with Gasteiger partial charge in [0, 0.05) is 17.0 Å². The van der Waals surface area contributed by atoms with Crippen LogP contribution in [0.2, 0.25) is 5.02 Å². The van der Waals surface area contributed by atoms with Crippen LogP contribution in [0.1, 0.15) is 34.8 Å². The second-order valence-corrected chi connectivity index (χ2v) is 5.83. The number of aliphatic hydroxyl groups excluding tert-OH is 1. The van der Waals surface area contributed by atoms with E-state index in [1.54, 1.807) is 12.1 Å². The number of fused-ring (bicyclic) bond motifs is 1. The standard InChI is InChI=1S/C17H16ClNO2/c1-10-7-11-5-6-15(20)19-16(11)14(8-10)17(21)12-3-2-4-13(18)9-12/h2-4,7-9,17,21H,5-6H2,1H3,(H,19,20). The molecule has 0 saturated heterocycles. The SMILES string of the molecule is Cc1cc2c(c(C(O)c3cccc(Cl)c3)c1)NC(=O)CC2. The molecule has 3 rings (SSSR count). The van der Waals surface area contributed by atoms with Crippen molar-refractivity contribution < 1.29 is 9.90 Å².